The Morgan fingerprint density at radius 3 is 2.39 bits per heavy atom. The summed E-state index contributed by atoms with van der Waals surface area (Å²) in [5.74, 6) is -0.623. The monoisotopic (exact) mass is 270 g/mol. The lowest BCUT2D eigenvalue weighted by molar-refractivity contribution is 0.0697. The normalized spacial score (nSPS) is 11.6. The average molecular weight is 270 g/mol. The number of urea groups is 1. The van der Waals surface area contributed by atoms with Gasteiger partial charge in [-0.05, 0) is 24.3 Å². The van der Waals surface area contributed by atoms with Crippen molar-refractivity contribution >= 4 is 28.5 Å². The minimum absolute atomic E-state index is 0.155. The quantitative estimate of drug-likeness (QED) is 0.740. The van der Waals surface area contributed by atoms with Gasteiger partial charge in [-0.15, -0.1) is 0 Å². The minimum Gasteiger partial charge on any atom is -0.478 e. The van der Waals surface area contributed by atoms with Gasteiger partial charge in [-0.3, -0.25) is 4.21 Å². The third-order valence-corrected chi connectivity index (χ3v) is 2.84. The number of carbonyl (C=O) groups excluding carboxylic acids is 1. The second-order valence-electron chi connectivity index (χ2n) is 3.54. The molecule has 0 spiro atoms. The molecule has 0 fully saturated rings. The predicted molar refractivity (Wildman–Crippen MR) is 69.4 cm³/mol. The molecule has 0 aromatic heterocycles. The maximum absolute atomic E-state index is 11.4. The van der Waals surface area contributed by atoms with Crippen LogP contribution in [0.2, 0.25) is 0 Å². The van der Waals surface area contributed by atoms with Crippen molar-refractivity contribution in [2.24, 2.45) is 0 Å². The fourth-order valence-corrected chi connectivity index (χ4v) is 1.57. The summed E-state index contributed by atoms with van der Waals surface area (Å²) in [6, 6.07) is 5.39. The van der Waals surface area contributed by atoms with Gasteiger partial charge in [0.15, 0.2) is 0 Å². The summed E-state index contributed by atoms with van der Waals surface area (Å²) in [4.78, 5) is 22.0. The number of nitrogens with one attached hydrogen (secondary N) is 2. The topological polar surface area (TPSA) is 95.5 Å². The van der Waals surface area contributed by atoms with Crippen LogP contribution in [0.25, 0.3) is 0 Å². The molecule has 2 amide bonds. The molecule has 1 aromatic rings. The van der Waals surface area contributed by atoms with E-state index in [0.29, 0.717) is 18.0 Å². The molecule has 0 saturated heterocycles. The van der Waals surface area contributed by atoms with Gasteiger partial charge >= 0.3 is 12.0 Å². The molecule has 3 N–H and O–H groups in total. The van der Waals surface area contributed by atoms with E-state index in [-0.39, 0.29) is 5.56 Å². The molecular formula is C11H14N2O4S. The lowest BCUT2D eigenvalue weighted by atomic mass is 10.2. The molecule has 0 aliphatic carbocycles. The molecule has 7 heteroatoms. The number of rotatable bonds is 5. The summed E-state index contributed by atoms with van der Waals surface area (Å²) in [6.45, 7) is 0.322. The van der Waals surface area contributed by atoms with Crippen LogP contribution in [0.5, 0.6) is 0 Å². The van der Waals surface area contributed by atoms with Crippen LogP contribution in [0, 0.1) is 0 Å². The SMILES string of the molecule is CS(=O)CCNC(=O)Nc1ccc(C(=O)O)cc1. The Morgan fingerprint density at radius 1 is 1.28 bits per heavy atom. The molecular weight excluding hydrogens is 256 g/mol. The van der Waals surface area contributed by atoms with Gasteiger partial charge in [0.2, 0.25) is 0 Å². The van der Waals surface area contributed by atoms with Crippen molar-refractivity contribution in [1.82, 2.24) is 5.32 Å². The fraction of sp³-hybridized carbons (Fsp3) is 0.273. The largest absolute Gasteiger partial charge is 0.478 e. The number of hydrogen-bond donors (Lipinski definition) is 3. The van der Waals surface area contributed by atoms with E-state index in [1.54, 1.807) is 6.26 Å². The van der Waals surface area contributed by atoms with Crippen molar-refractivity contribution in [2.75, 3.05) is 23.9 Å². The van der Waals surface area contributed by atoms with Gasteiger partial charge in [0.1, 0.15) is 0 Å². The molecule has 1 unspecified atom stereocenters. The predicted octanol–water partition coefficient (Wildman–Crippen LogP) is 0.885. The van der Waals surface area contributed by atoms with E-state index in [0.717, 1.165) is 0 Å². The Hall–Kier alpha value is -1.89. The first kappa shape index (κ1) is 14.2. The number of hydrogen-bond acceptors (Lipinski definition) is 3. The minimum atomic E-state index is -1.02. The molecule has 1 atom stereocenters. The Labute approximate surface area is 107 Å². The first-order valence-corrected chi connectivity index (χ1v) is 6.90. The molecule has 1 rings (SSSR count). The zero-order chi connectivity index (χ0) is 13.5. The molecule has 1 aromatic carbocycles. The Kier molecular flexibility index (Phi) is 5.31. The Bertz CT molecular complexity index is 459. The van der Waals surface area contributed by atoms with Crippen LogP contribution in [0.15, 0.2) is 24.3 Å². The van der Waals surface area contributed by atoms with E-state index < -0.39 is 22.8 Å². The van der Waals surface area contributed by atoms with Crippen molar-refractivity contribution in [3.63, 3.8) is 0 Å². The van der Waals surface area contributed by atoms with Crippen molar-refractivity contribution < 1.29 is 18.9 Å². The molecule has 98 valence electrons. The van der Waals surface area contributed by atoms with Crippen molar-refractivity contribution in [3.8, 4) is 0 Å². The van der Waals surface area contributed by atoms with Gasteiger partial charge in [-0.25, -0.2) is 9.59 Å². The molecule has 0 radical (unpaired) electrons. The van der Waals surface area contributed by atoms with Crippen LogP contribution in [-0.4, -0.2) is 39.9 Å². The van der Waals surface area contributed by atoms with Gasteiger partial charge in [-0.2, -0.15) is 0 Å². The third kappa shape index (κ3) is 4.96. The van der Waals surface area contributed by atoms with Gasteiger partial charge in [0.05, 0.1) is 5.56 Å². The van der Waals surface area contributed by atoms with E-state index >= 15 is 0 Å². The van der Waals surface area contributed by atoms with Crippen LogP contribution in [0.4, 0.5) is 10.5 Å². The van der Waals surface area contributed by atoms with Crippen LogP contribution in [0.3, 0.4) is 0 Å². The first-order chi connectivity index (χ1) is 8.49. The summed E-state index contributed by atoms with van der Waals surface area (Å²) < 4.78 is 10.8. The summed E-state index contributed by atoms with van der Waals surface area (Å²) >= 11 is 0. The highest BCUT2D eigenvalue weighted by Crippen LogP contribution is 2.09. The highest BCUT2D eigenvalue weighted by molar-refractivity contribution is 7.84. The molecule has 18 heavy (non-hydrogen) atoms. The van der Waals surface area contributed by atoms with Crippen LogP contribution in [0.1, 0.15) is 10.4 Å². The fourth-order valence-electron chi connectivity index (χ4n) is 1.18. The number of carbonyl (C=O) groups is 2. The molecule has 0 saturated carbocycles. The zero-order valence-electron chi connectivity index (χ0n) is 9.80. The second-order valence-corrected chi connectivity index (χ2v) is 5.10. The third-order valence-electron chi connectivity index (χ3n) is 2.06. The molecule has 0 heterocycles. The molecule has 0 aliphatic heterocycles. The number of carboxylic acid groups (broad SMARTS) is 1. The van der Waals surface area contributed by atoms with Crippen LogP contribution < -0.4 is 10.6 Å². The van der Waals surface area contributed by atoms with Crippen molar-refractivity contribution in [2.45, 2.75) is 0 Å². The van der Waals surface area contributed by atoms with Gasteiger partial charge in [-0.1, -0.05) is 0 Å². The number of amides is 2. The van der Waals surface area contributed by atoms with Crippen LogP contribution in [-0.2, 0) is 10.8 Å². The first-order valence-electron chi connectivity index (χ1n) is 5.17. The highest BCUT2D eigenvalue weighted by atomic mass is 32.2. The molecule has 6 nitrogen and oxygen atoms in total. The lowest BCUT2D eigenvalue weighted by Crippen LogP contribution is -2.31. The lowest BCUT2D eigenvalue weighted by Gasteiger charge is -2.07. The summed E-state index contributed by atoms with van der Waals surface area (Å²) in [7, 11) is -0.945. The highest BCUT2D eigenvalue weighted by Gasteiger charge is 2.04. The number of benzene rings is 1. The molecule has 0 aliphatic rings. The smallest absolute Gasteiger partial charge is 0.335 e. The van der Waals surface area contributed by atoms with Crippen LogP contribution >= 0.6 is 0 Å². The van der Waals surface area contributed by atoms with Crippen molar-refractivity contribution in [1.29, 1.82) is 0 Å². The van der Waals surface area contributed by atoms with E-state index in [2.05, 4.69) is 10.6 Å². The Balaban J connectivity index is 2.44. The van der Waals surface area contributed by atoms with E-state index in [1.807, 2.05) is 0 Å². The van der Waals surface area contributed by atoms with E-state index in [1.165, 1.54) is 24.3 Å². The maximum Gasteiger partial charge on any atom is 0.335 e. The van der Waals surface area contributed by atoms with E-state index in [9.17, 15) is 13.8 Å². The summed E-state index contributed by atoms with van der Waals surface area (Å²) in [5.41, 5.74) is 0.650. The summed E-state index contributed by atoms with van der Waals surface area (Å²) in [5, 5.41) is 13.8. The van der Waals surface area contributed by atoms with Crippen molar-refractivity contribution in [3.05, 3.63) is 29.8 Å². The number of carboxylic acids is 1. The van der Waals surface area contributed by atoms with Gasteiger partial charge < -0.3 is 15.7 Å². The summed E-state index contributed by atoms with van der Waals surface area (Å²) in [6.07, 6.45) is 1.56. The van der Waals surface area contributed by atoms with E-state index in [4.69, 9.17) is 5.11 Å². The Morgan fingerprint density at radius 2 is 1.89 bits per heavy atom. The maximum atomic E-state index is 11.4. The number of anilines is 1. The molecule has 0 bridgehead atoms. The second kappa shape index (κ2) is 6.75. The standard InChI is InChI=1S/C11H14N2O4S/c1-18(17)7-6-12-11(16)13-9-4-2-8(3-5-9)10(14)15/h2-5H,6-7H2,1H3,(H,14,15)(H2,12,13,16). The average Bonchev–Trinajstić information content (AvgIpc) is 2.29. The number of aromatic carboxylic acids is 1. The van der Waals surface area contributed by atoms with Gasteiger partial charge in [0, 0.05) is 35.0 Å². The van der Waals surface area contributed by atoms with Gasteiger partial charge in [0.25, 0.3) is 0 Å². The zero-order valence-corrected chi connectivity index (χ0v) is 10.6.